The molecule has 2 aromatic carbocycles. The highest BCUT2D eigenvalue weighted by molar-refractivity contribution is 5.83. The lowest BCUT2D eigenvalue weighted by Crippen LogP contribution is -2.49. The third-order valence-corrected chi connectivity index (χ3v) is 5.07. The minimum atomic E-state index is 0.429. The van der Waals surface area contributed by atoms with Crippen LogP contribution in [0.4, 0.5) is 0 Å². The van der Waals surface area contributed by atoms with Gasteiger partial charge in [0.05, 0.1) is 0 Å². The van der Waals surface area contributed by atoms with Crippen molar-refractivity contribution in [2.75, 3.05) is 6.54 Å². The van der Waals surface area contributed by atoms with Gasteiger partial charge in [-0.25, -0.2) is 0 Å². The van der Waals surface area contributed by atoms with E-state index in [1.807, 2.05) is 0 Å². The monoisotopic (exact) mass is 282 g/mol. The lowest BCUT2D eigenvalue weighted by Gasteiger charge is -2.44. The van der Waals surface area contributed by atoms with Gasteiger partial charge in [-0.2, -0.15) is 0 Å². The number of fused-ring (bicyclic) bond motifs is 1. The van der Waals surface area contributed by atoms with Crippen molar-refractivity contribution in [1.82, 2.24) is 4.90 Å². The maximum atomic E-state index is 6.02. The Labute approximate surface area is 127 Å². The van der Waals surface area contributed by atoms with E-state index in [2.05, 4.69) is 61.2 Å². The first-order valence-electron chi connectivity index (χ1n) is 8.17. The molecule has 0 spiro atoms. The lowest BCUT2D eigenvalue weighted by molar-refractivity contribution is 0.0571. The topological polar surface area (TPSA) is 29.3 Å². The van der Waals surface area contributed by atoms with Gasteiger partial charge in [-0.3, -0.25) is 4.90 Å². The summed E-state index contributed by atoms with van der Waals surface area (Å²) in [6, 6.07) is 17.0. The van der Waals surface area contributed by atoms with Gasteiger partial charge in [-0.1, -0.05) is 42.8 Å². The second-order valence-electron chi connectivity index (χ2n) is 6.40. The van der Waals surface area contributed by atoms with Crippen molar-refractivity contribution in [1.29, 1.82) is 0 Å². The van der Waals surface area contributed by atoms with E-state index in [1.54, 1.807) is 0 Å². The molecule has 2 heteroatoms. The zero-order chi connectivity index (χ0) is 14.8. The number of benzene rings is 2. The fourth-order valence-electron chi connectivity index (χ4n) is 3.88. The van der Waals surface area contributed by atoms with E-state index in [0.717, 1.165) is 6.54 Å². The number of rotatable bonds is 3. The molecule has 0 bridgehead atoms. The highest BCUT2D eigenvalue weighted by atomic mass is 15.2. The normalized spacial score (nSPS) is 25.1. The Bertz CT molecular complexity index is 607. The van der Waals surface area contributed by atoms with Gasteiger partial charge in [0.15, 0.2) is 0 Å². The molecule has 1 heterocycles. The van der Waals surface area contributed by atoms with Crippen LogP contribution >= 0.6 is 0 Å². The van der Waals surface area contributed by atoms with Crippen LogP contribution in [0.3, 0.4) is 0 Å². The van der Waals surface area contributed by atoms with Gasteiger partial charge in [-0.05, 0) is 49.1 Å². The van der Waals surface area contributed by atoms with Crippen molar-refractivity contribution in [2.24, 2.45) is 5.73 Å². The van der Waals surface area contributed by atoms with Crippen molar-refractivity contribution >= 4 is 10.8 Å². The summed E-state index contributed by atoms with van der Waals surface area (Å²) in [7, 11) is 0. The third kappa shape index (κ3) is 2.83. The van der Waals surface area contributed by atoms with Gasteiger partial charge in [0, 0.05) is 24.7 Å². The maximum Gasteiger partial charge on any atom is 0.0326 e. The van der Waals surface area contributed by atoms with Crippen molar-refractivity contribution in [3.05, 3.63) is 48.0 Å². The molecule has 3 unspecified atom stereocenters. The molecule has 0 amide bonds. The Morgan fingerprint density at radius 3 is 2.67 bits per heavy atom. The summed E-state index contributed by atoms with van der Waals surface area (Å²) >= 11 is 0. The summed E-state index contributed by atoms with van der Waals surface area (Å²) in [6.45, 7) is 5.44. The van der Waals surface area contributed by atoms with Crippen LogP contribution in [0.15, 0.2) is 42.5 Å². The second-order valence-corrected chi connectivity index (χ2v) is 6.40. The Morgan fingerprint density at radius 1 is 1.14 bits per heavy atom. The quantitative estimate of drug-likeness (QED) is 0.918. The number of nitrogens with two attached hydrogens (primary N) is 1. The van der Waals surface area contributed by atoms with E-state index in [-0.39, 0.29) is 0 Å². The average Bonchev–Trinajstić information content (AvgIpc) is 2.53. The number of hydrogen-bond donors (Lipinski definition) is 1. The summed E-state index contributed by atoms with van der Waals surface area (Å²) in [6.07, 6.45) is 3.83. The van der Waals surface area contributed by atoms with E-state index >= 15 is 0 Å². The van der Waals surface area contributed by atoms with Crippen LogP contribution in [0.5, 0.6) is 0 Å². The molecular formula is C19H26N2. The molecule has 2 nitrogen and oxygen atoms in total. The minimum Gasteiger partial charge on any atom is -0.329 e. The van der Waals surface area contributed by atoms with Gasteiger partial charge in [0.1, 0.15) is 0 Å². The minimum absolute atomic E-state index is 0.429. The van der Waals surface area contributed by atoms with E-state index in [1.165, 1.54) is 35.6 Å². The van der Waals surface area contributed by atoms with Crippen LogP contribution in [0, 0.1) is 0 Å². The first-order valence-corrected chi connectivity index (χ1v) is 8.17. The predicted molar refractivity (Wildman–Crippen MR) is 90.4 cm³/mol. The summed E-state index contributed by atoms with van der Waals surface area (Å²) in [5.74, 6) is 0. The molecule has 1 fully saturated rings. The predicted octanol–water partition coefficient (Wildman–Crippen LogP) is 4.10. The molecule has 112 valence electrons. The Balaban J connectivity index is 1.92. The van der Waals surface area contributed by atoms with Crippen LogP contribution in [0.2, 0.25) is 0 Å². The summed E-state index contributed by atoms with van der Waals surface area (Å²) in [5.41, 5.74) is 7.42. The van der Waals surface area contributed by atoms with E-state index in [9.17, 15) is 0 Å². The van der Waals surface area contributed by atoms with E-state index < -0.39 is 0 Å². The highest BCUT2D eigenvalue weighted by Gasteiger charge is 2.31. The van der Waals surface area contributed by atoms with E-state index in [4.69, 9.17) is 5.73 Å². The summed E-state index contributed by atoms with van der Waals surface area (Å²) in [5, 5.41) is 2.64. The SMILES string of the molecule is CC1CCCC(CN)N1C(C)c1ccc2ccccc2c1. The van der Waals surface area contributed by atoms with Crippen molar-refractivity contribution in [2.45, 2.75) is 51.2 Å². The van der Waals surface area contributed by atoms with Gasteiger partial charge in [-0.15, -0.1) is 0 Å². The van der Waals surface area contributed by atoms with Gasteiger partial charge in [0.2, 0.25) is 0 Å². The van der Waals surface area contributed by atoms with Crippen molar-refractivity contribution in [3.8, 4) is 0 Å². The molecule has 3 atom stereocenters. The molecule has 0 aliphatic carbocycles. The molecule has 0 saturated carbocycles. The molecular weight excluding hydrogens is 256 g/mol. The molecule has 2 N–H and O–H groups in total. The highest BCUT2D eigenvalue weighted by Crippen LogP contribution is 2.33. The van der Waals surface area contributed by atoms with Crippen LogP contribution in [0.1, 0.15) is 44.7 Å². The molecule has 0 aromatic heterocycles. The Kier molecular flexibility index (Phi) is 4.27. The maximum absolute atomic E-state index is 6.02. The van der Waals surface area contributed by atoms with Gasteiger partial charge < -0.3 is 5.73 Å². The summed E-state index contributed by atoms with van der Waals surface area (Å²) in [4.78, 5) is 2.63. The standard InChI is InChI=1S/C19H26N2/c1-14-6-5-9-19(13-20)21(14)15(2)17-11-10-16-7-3-4-8-18(16)12-17/h3-4,7-8,10-12,14-15,19H,5-6,9,13,20H2,1-2H3. The van der Waals surface area contributed by atoms with Gasteiger partial charge >= 0.3 is 0 Å². The second kappa shape index (κ2) is 6.17. The fourth-order valence-corrected chi connectivity index (χ4v) is 3.88. The molecule has 0 radical (unpaired) electrons. The number of piperidine rings is 1. The lowest BCUT2D eigenvalue weighted by atomic mass is 9.92. The zero-order valence-electron chi connectivity index (χ0n) is 13.1. The smallest absolute Gasteiger partial charge is 0.0326 e. The van der Waals surface area contributed by atoms with Crippen molar-refractivity contribution in [3.63, 3.8) is 0 Å². The molecule has 3 rings (SSSR count). The number of hydrogen-bond acceptors (Lipinski definition) is 2. The molecule has 1 saturated heterocycles. The largest absolute Gasteiger partial charge is 0.329 e. The molecule has 1 aliphatic heterocycles. The Morgan fingerprint density at radius 2 is 1.90 bits per heavy atom. The van der Waals surface area contributed by atoms with Gasteiger partial charge in [0.25, 0.3) is 0 Å². The fraction of sp³-hybridized carbons (Fsp3) is 0.474. The third-order valence-electron chi connectivity index (χ3n) is 5.07. The summed E-state index contributed by atoms with van der Waals surface area (Å²) < 4.78 is 0. The average molecular weight is 282 g/mol. The first kappa shape index (κ1) is 14.6. The molecule has 21 heavy (non-hydrogen) atoms. The molecule has 2 aromatic rings. The first-order chi connectivity index (χ1) is 10.2. The van der Waals surface area contributed by atoms with Crippen LogP contribution in [-0.4, -0.2) is 23.5 Å². The number of likely N-dealkylation sites (tertiary alicyclic amines) is 1. The van der Waals surface area contributed by atoms with E-state index in [0.29, 0.717) is 18.1 Å². The zero-order valence-corrected chi connectivity index (χ0v) is 13.1. The van der Waals surface area contributed by atoms with Crippen molar-refractivity contribution < 1.29 is 0 Å². The Hall–Kier alpha value is -1.38. The van der Waals surface area contributed by atoms with Crippen LogP contribution in [-0.2, 0) is 0 Å². The number of nitrogens with zero attached hydrogens (tertiary/aromatic N) is 1. The molecule has 1 aliphatic rings. The van der Waals surface area contributed by atoms with Crippen LogP contribution in [0.25, 0.3) is 10.8 Å². The van der Waals surface area contributed by atoms with Crippen LogP contribution < -0.4 is 5.73 Å².